The van der Waals surface area contributed by atoms with Crippen molar-refractivity contribution in [1.82, 2.24) is 24.3 Å². The predicted molar refractivity (Wildman–Crippen MR) is 170 cm³/mol. The maximum Gasteiger partial charge on any atom is 0.267 e. The minimum absolute atomic E-state index is 0.0666. The summed E-state index contributed by atoms with van der Waals surface area (Å²) in [6.45, 7) is 4.34. The van der Waals surface area contributed by atoms with Gasteiger partial charge in [0, 0.05) is 70.3 Å². The summed E-state index contributed by atoms with van der Waals surface area (Å²) in [6, 6.07) is 9.85. The summed E-state index contributed by atoms with van der Waals surface area (Å²) < 4.78 is 22.7. The topological polar surface area (TPSA) is 140 Å². The van der Waals surface area contributed by atoms with Gasteiger partial charge >= 0.3 is 0 Å². The van der Waals surface area contributed by atoms with Crippen LogP contribution in [0.1, 0.15) is 47.3 Å². The number of benzene rings is 1. The van der Waals surface area contributed by atoms with Crippen molar-refractivity contribution in [3.8, 4) is 0 Å². The number of pyridine rings is 1. The lowest BCUT2D eigenvalue weighted by Crippen LogP contribution is -2.41. The molecule has 1 aliphatic heterocycles. The van der Waals surface area contributed by atoms with Gasteiger partial charge in [0.15, 0.2) is 5.78 Å². The SMILES string of the molecule is Cn1cc(NC(=O)c2ccc(NC(=O)c3ccc(Cl)cc3F)nc2)cc1C(=O)Cc1cc(C(=O)NCCN2CCOCC2)n(C)c1. The Balaban J connectivity index is 1.14. The van der Waals surface area contributed by atoms with Gasteiger partial charge in [0.1, 0.15) is 17.3 Å². The minimum atomic E-state index is -0.770. The summed E-state index contributed by atoms with van der Waals surface area (Å²) in [5.41, 5.74) is 1.93. The number of carbonyl (C=O) groups excluding carboxylic acids is 4. The number of ether oxygens (including phenoxy) is 1. The van der Waals surface area contributed by atoms with Crippen LogP contribution in [0.2, 0.25) is 5.02 Å². The highest BCUT2D eigenvalue weighted by atomic mass is 35.5. The van der Waals surface area contributed by atoms with Crippen molar-refractivity contribution in [3.05, 3.63) is 100.0 Å². The maximum atomic E-state index is 14.0. The number of rotatable bonds is 11. The van der Waals surface area contributed by atoms with Crippen LogP contribution in [0, 0.1) is 5.82 Å². The molecule has 0 saturated carbocycles. The van der Waals surface area contributed by atoms with E-state index in [1.54, 1.807) is 47.8 Å². The molecule has 4 aromatic rings. The molecule has 3 amide bonds. The molecule has 1 aromatic carbocycles. The van der Waals surface area contributed by atoms with E-state index in [9.17, 15) is 23.6 Å². The number of nitrogens with one attached hydrogen (secondary N) is 3. The number of Topliss-reactive ketones (excluding diaryl/α,β-unsaturated/α-hetero) is 1. The molecule has 0 atom stereocenters. The fraction of sp³-hybridized carbons (Fsp3) is 0.281. The fourth-order valence-electron chi connectivity index (χ4n) is 5.05. The molecule has 4 heterocycles. The summed E-state index contributed by atoms with van der Waals surface area (Å²) in [5, 5.41) is 8.32. The van der Waals surface area contributed by atoms with Crippen LogP contribution in [-0.2, 0) is 25.3 Å². The summed E-state index contributed by atoms with van der Waals surface area (Å²) >= 11 is 5.73. The van der Waals surface area contributed by atoms with E-state index in [-0.39, 0.29) is 40.1 Å². The number of anilines is 2. The third-order valence-corrected chi connectivity index (χ3v) is 7.70. The molecule has 1 saturated heterocycles. The molecule has 3 aromatic heterocycles. The monoisotopic (exact) mass is 649 g/mol. The molecule has 0 radical (unpaired) electrons. The standard InChI is InChI=1S/C32H33ClFN7O5/c1-39-18-20(13-27(39)32(45)35-7-8-41-9-11-46-12-10-41)14-28(42)26-16-23(19-40(26)2)37-30(43)21-3-6-29(36-17-21)38-31(44)24-5-4-22(33)15-25(24)34/h3-6,13,15-19H,7-12,14H2,1-2H3,(H,35,45)(H,37,43)(H,36,38,44). The van der Waals surface area contributed by atoms with E-state index >= 15 is 0 Å². The molecule has 0 unspecified atom stereocenters. The van der Waals surface area contributed by atoms with Crippen LogP contribution >= 0.6 is 11.6 Å². The summed E-state index contributed by atoms with van der Waals surface area (Å²) in [4.78, 5) is 57.5. The number of aromatic nitrogens is 3. The smallest absolute Gasteiger partial charge is 0.267 e. The van der Waals surface area contributed by atoms with Crippen molar-refractivity contribution >= 4 is 46.6 Å². The van der Waals surface area contributed by atoms with Crippen molar-refractivity contribution in [2.45, 2.75) is 6.42 Å². The van der Waals surface area contributed by atoms with E-state index < -0.39 is 17.6 Å². The molecular formula is C32H33ClFN7O5. The average molecular weight is 650 g/mol. The van der Waals surface area contributed by atoms with Gasteiger partial charge in [-0.3, -0.25) is 24.1 Å². The Kier molecular flexibility index (Phi) is 10.3. The molecule has 240 valence electrons. The zero-order valence-electron chi connectivity index (χ0n) is 25.3. The molecule has 12 nitrogen and oxygen atoms in total. The number of carbonyl (C=O) groups is 4. The average Bonchev–Trinajstić information content (AvgIpc) is 3.58. The van der Waals surface area contributed by atoms with Gasteiger partial charge in [0.05, 0.1) is 35.7 Å². The lowest BCUT2D eigenvalue weighted by Gasteiger charge is -2.26. The maximum absolute atomic E-state index is 14.0. The van der Waals surface area contributed by atoms with Crippen molar-refractivity contribution in [1.29, 1.82) is 0 Å². The number of aryl methyl sites for hydroxylation is 2. The van der Waals surface area contributed by atoms with E-state index in [1.807, 2.05) is 0 Å². The van der Waals surface area contributed by atoms with Crippen LogP contribution in [0.25, 0.3) is 0 Å². The van der Waals surface area contributed by atoms with E-state index in [0.29, 0.717) is 42.4 Å². The van der Waals surface area contributed by atoms with Crippen LogP contribution in [0.3, 0.4) is 0 Å². The van der Waals surface area contributed by atoms with Crippen LogP contribution in [0.5, 0.6) is 0 Å². The number of hydrogen-bond donors (Lipinski definition) is 3. The molecule has 0 spiro atoms. The quantitative estimate of drug-likeness (QED) is 0.211. The molecule has 5 rings (SSSR count). The third kappa shape index (κ3) is 8.05. The van der Waals surface area contributed by atoms with Gasteiger partial charge < -0.3 is 29.8 Å². The normalized spacial score (nSPS) is 13.3. The van der Waals surface area contributed by atoms with Gasteiger partial charge in [0.2, 0.25) is 0 Å². The molecule has 14 heteroatoms. The lowest BCUT2D eigenvalue weighted by atomic mass is 10.1. The molecule has 3 N–H and O–H groups in total. The van der Waals surface area contributed by atoms with Crippen LogP contribution in [0.15, 0.2) is 61.1 Å². The lowest BCUT2D eigenvalue weighted by molar-refractivity contribution is 0.0383. The molecule has 0 bridgehead atoms. The summed E-state index contributed by atoms with van der Waals surface area (Å²) in [6.07, 6.45) is 4.71. The van der Waals surface area contributed by atoms with Crippen molar-refractivity contribution in [2.24, 2.45) is 14.1 Å². The molecule has 1 fully saturated rings. The Morgan fingerprint density at radius 2 is 1.67 bits per heavy atom. The Morgan fingerprint density at radius 1 is 0.913 bits per heavy atom. The second-order valence-electron chi connectivity index (χ2n) is 10.8. The van der Waals surface area contributed by atoms with Gasteiger partial charge in [-0.15, -0.1) is 0 Å². The van der Waals surface area contributed by atoms with E-state index in [4.69, 9.17) is 16.3 Å². The molecular weight excluding hydrogens is 617 g/mol. The Bertz CT molecular complexity index is 1760. The number of ketones is 1. The highest BCUT2D eigenvalue weighted by molar-refractivity contribution is 6.30. The van der Waals surface area contributed by atoms with Crippen molar-refractivity contribution < 1.29 is 28.3 Å². The number of hydrogen-bond acceptors (Lipinski definition) is 7. The highest BCUT2D eigenvalue weighted by Crippen LogP contribution is 2.19. The zero-order valence-corrected chi connectivity index (χ0v) is 26.1. The van der Waals surface area contributed by atoms with Crippen LogP contribution in [-0.4, -0.2) is 81.9 Å². The fourth-order valence-corrected chi connectivity index (χ4v) is 5.21. The first-order chi connectivity index (χ1) is 22.1. The van der Waals surface area contributed by atoms with E-state index in [0.717, 1.165) is 25.7 Å². The van der Waals surface area contributed by atoms with Gasteiger partial charge in [-0.05, 0) is 48.0 Å². The van der Waals surface area contributed by atoms with Crippen LogP contribution in [0.4, 0.5) is 15.9 Å². The second kappa shape index (κ2) is 14.5. The molecule has 0 aliphatic carbocycles. The van der Waals surface area contributed by atoms with Crippen molar-refractivity contribution in [2.75, 3.05) is 50.0 Å². The number of nitrogens with zero attached hydrogens (tertiary/aromatic N) is 4. The zero-order chi connectivity index (χ0) is 32.8. The number of halogens is 2. The summed E-state index contributed by atoms with van der Waals surface area (Å²) in [7, 11) is 3.46. The highest BCUT2D eigenvalue weighted by Gasteiger charge is 2.19. The Hall–Kier alpha value is -4.85. The number of morpholine rings is 1. The van der Waals surface area contributed by atoms with Gasteiger partial charge in [-0.2, -0.15) is 0 Å². The molecule has 1 aliphatic rings. The second-order valence-corrected chi connectivity index (χ2v) is 11.3. The van der Waals surface area contributed by atoms with Gasteiger partial charge in [0.25, 0.3) is 17.7 Å². The largest absolute Gasteiger partial charge is 0.379 e. The first-order valence-corrected chi connectivity index (χ1v) is 14.9. The third-order valence-electron chi connectivity index (χ3n) is 7.47. The van der Waals surface area contributed by atoms with Crippen LogP contribution < -0.4 is 16.0 Å². The Morgan fingerprint density at radius 3 is 2.39 bits per heavy atom. The van der Waals surface area contributed by atoms with Gasteiger partial charge in [-0.25, -0.2) is 9.37 Å². The summed E-state index contributed by atoms with van der Waals surface area (Å²) in [5.74, 6) is -2.24. The Labute approximate surface area is 269 Å². The number of amides is 3. The first kappa shape index (κ1) is 32.5. The molecule has 46 heavy (non-hydrogen) atoms. The predicted octanol–water partition coefficient (Wildman–Crippen LogP) is 3.54. The first-order valence-electron chi connectivity index (χ1n) is 14.5. The van der Waals surface area contributed by atoms with E-state index in [1.165, 1.54) is 30.5 Å². The van der Waals surface area contributed by atoms with Gasteiger partial charge in [-0.1, -0.05) is 11.6 Å². The van der Waals surface area contributed by atoms with E-state index in [2.05, 4.69) is 25.8 Å². The van der Waals surface area contributed by atoms with Crippen molar-refractivity contribution in [3.63, 3.8) is 0 Å². The minimum Gasteiger partial charge on any atom is -0.379 e.